The van der Waals surface area contributed by atoms with Crippen LogP contribution in [0.15, 0.2) is 73.1 Å². The van der Waals surface area contributed by atoms with Gasteiger partial charge in [-0.2, -0.15) is 0 Å². The average molecular weight is 461 g/mol. The number of aromatic nitrogens is 3. The lowest BCUT2D eigenvalue weighted by Crippen LogP contribution is -2.30. The molecule has 0 fully saturated rings. The lowest BCUT2D eigenvalue weighted by atomic mass is 10.0. The minimum Gasteiger partial charge on any atom is -0.288 e. The van der Waals surface area contributed by atoms with Crippen LogP contribution in [0.25, 0.3) is 5.69 Å². The summed E-state index contributed by atoms with van der Waals surface area (Å²) in [5, 5.41) is 8.23. The van der Waals surface area contributed by atoms with E-state index in [-0.39, 0.29) is 28.5 Å². The summed E-state index contributed by atoms with van der Waals surface area (Å²) in [4.78, 5) is 39.8. The van der Waals surface area contributed by atoms with Gasteiger partial charge in [-0.05, 0) is 42.5 Å². The maximum Gasteiger partial charge on any atom is 0.261 e. The molecule has 2 heterocycles. The van der Waals surface area contributed by atoms with E-state index >= 15 is 0 Å². The fraction of sp³-hybridized carbons (Fsp3) is 0.0417. The van der Waals surface area contributed by atoms with Crippen molar-refractivity contribution in [1.29, 1.82) is 0 Å². The van der Waals surface area contributed by atoms with Crippen molar-refractivity contribution in [2.24, 2.45) is 0 Å². The van der Waals surface area contributed by atoms with E-state index in [1.54, 1.807) is 42.5 Å². The van der Waals surface area contributed by atoms with Crippen LogP contribution in [0.2, 0.25) is 5.02 Å². The first kappa shape index (κ1) is 20.7. The van der Waals surface area contributed by atoms with Crippen molar-refractivity contribution in [3.63, 3.8) is 0 Å². The van der Waals surface area contributed by atoms with E-state index in [4.69, 9.17) is 11.6 Å². The van der Waals surface area contributed by atoms with Gasteiger partial charge in [0.25, 0.3) is 11.8 Å². The number of hydrogen-bond donors (Lipinski definition) is 0. The van der Waals surface area contributed by atoms with Crippen molar-refractivity contribution in [1.82, 2.24) is 19.7 Å². The number of fused-ring (bicyclic) bond motifs is 1. The average Bonchev–Trinajstić information content (AvgIpc) is 3.38. The second-order valence-electron chi connectivity index (χ2n) is 7.33. The molecular weight excluding hydrogens is 447 g/mol. The fourth-order valence-electron chi connectivity index (χ4n) is 3.78. The Morgan fingerprint density at radius 2 is 1.58 bits per heavy atom. The lowest BCUT2D eigenvalue weighted by Gasteiger charge is -2.16. The number of halogens is 2. The third kappa shape index (κ3) is 3.50. The molecule has 7 nitrogen and oxygen atoms in total. The molecule has 1 aliphatic heterocycles. The predicted molar refractivity (Wildman–Crippen MR) is 117 cm³/mol. The molecule has 0 atom stereocenters. The number of rotatable bonds is 5. The van der Waals surface area contributed by atoms with Crippen LogP contribution in [0, 0.1) is 5.82 Å². The largest absolute Gasteiger partial charge is 0.288 e. The van der Waals surface area contributed by atoms with Crippen molar-refractivity contribution >= 4 is 29.2 Å². The summed E-state index contributed by atoms with van der Waals surface area (Å²) in [5.41, 5.74) is 0.974. The molecule has 0 spiro atoms. The van der Waals surface area contributed by atoms with Gasteiger partial charge in [-0.3, -0.25) is 23.9 Å². The summed E-state index contributed by atoms with van der Waals surface area (Å²) < 4.78 is 15.8. The van der Waals surface area contributed by atoms with Crippen LogP contribution in [-0.4, -0.2) is 37.3 Å². The van der Waals surface area contributed by atoms with E-state index in [2.05, 4.69) is 10.2 Å². The van der Waals surface area contributed by atoms with Crippen molar-refractivity contribution in [2.75, 3.05) is 0 Å². The van der Waals surface area contributed by atoms with Crippen LogP contribution in [0.4, 0.5) is 4.39 Å². The molecule has 3 aromatic carbocycles. The molecule has 0 radical (unpaired) electrons. The van der Waals surface area contributed by atoms with E-state index in [1.807, 2.05) is 0 Å². The van der Waals surface area contributed by atoms with E-state index in [1.165, 1.54) is 35.2 Å². The van der Waals surface area contributed by atoms with Gasteiger partial charge in [-0.15, -0.1) is 10.2 Å². The first-order valence-electron chi connectivity index (χ1n) is 9.89. The second-order valence-corrected chi connectivity index (χ2v) is 7.77. The van der Waals surface area contributed by atoms with Gasteiger partial charge in [0.05, 0.1) is 28.9 Å². The van der Waals surface area contributed by atoms with Crippen LogP contribution in [0.3, 0.4) is 0 Å². The molecule has 9 heteroatoms. The number of carbonyl (C=O) groups excluding carboxylic acids is 3. The highest BCUT2D eigenvalue weighted by Gasteiger charge is 2.36. The Morgan fingerprint density at radius 3 is 2.27 bits per heavy atom. The molecule has 0 aliphatic carbocycles. The highest BCUT2D eigenvalue weighted by Crippen LogP contribution is 2.27. The Labute approximate surface area is 192 Å². The molecule has 2 amide bonds. The molecule has 0 N–H and O–H groups in total. The molecule has 0 saturated carbocycles. The van der Waals surface area contributed by atoms with Crippen LogP contribution in [-0.2, 0) is 6.54 Å². The van der Waals surface area contributed by atoms with Gasteiger partial charge in [0.2, 0.25) is 0 Å². The monoisotopic (exact) mass is 460 g/mol. The summed E-state index contributed by atoms with van der Waals surface area (Å²) in [6.45, 7) is -0.164. The number of benzene rings is 3. The Bertz CT molecular complexity index is 1410. The quantitative estimate of drug-likeness (QED) is 0.331. The van der Waals surface area contributed by atoms with Gasteiger partial charge >= 0.3 is 0 Å². The molecular formula is C24H14ClFN4O3. The van der Waals surface area contributed by atoms with Crippen molar-refractivity contribution in [3.05, 3.63) is 112 Å². The topological polar surface area (TPSA) is 85.2 Å². The number of nitrogens with zero attached hydrogens (tertiary/aromatic N) is 4. The van der Waals surface area contributed by atoms with Crippen LogP contribution in [0.5, 0.6) is 0 Å². The van der Waals surface area contributed by atoms with Crippen LogP contribution < -0.4 is 0 Å². The van der Waals surface area contributed by atoms with E-state index in [9.17, 15) is 18.8 Å². The van der Waals surface area contributed by atoms with Crippen LogP contribution >= 0.6 is 11.6 Å². The smallest absolute Gasteiger partial charge is 0.261 e. The fourth-order valence-corrected chi connectivity index (χ4v) is 3.95. The number of amides is 2. The molecule has 1 aliphatic rings. The maximum absolute atomic E-state index is 14.3. The summed E-state index contributed by atoms with van der Waals surface area (Å²) in [6, 6.07) is 16.8. The zero-order valence-electron chi connectivity index (χ0n) is 16.9. The minimum absolute atomic E-state index is 0.115. The number of imide groups is 1. The first-order valence-corrected chi connectivity index (χ1v) is 10.3. The van der Waals surface area contributed by atoms with Gasteiger partial charge in [-0.25, -0.2) is 4.39 Å². The lowest BCUT2D eigenvalue weighted by molar-refractivity contribution is 0.0637. The van der Waals surface area contributed by atoms with E-state index in [0.717, 1.165) is 4.90 Å². The number of carbonyl (C=O) groups is 3. The van der Waals surface area contributed by atoms with Gasteiger partial charge in [-0.1, -0.05) is 35.9 Å². The number of hydrogen-bond acceptors (Lipinski definition) is 5. The molecule has 5 rings (SSSR count). The molecule has 0 unspecified atom stereocenters. The third-order valence-electron chi connectivity index (χ3n) is 5.38. The summed E-state index contributed by atoms with van der Waals surface area (Å²) in [5.74, 6) is -1.88. The molecule has 1 aromatic heterocycles. The molecule has 33 heavy (non-hydrogen) atoms. The highest BCUT2D eigenvalue weighted by atomic mass is 35.5. The summed E-state index contributed by atoms with van der Waals surface area (Å²) in [6.07, 6.45) is 1.36. The van der Waals surface area contributed by atoms with Gasteiger partial charge < -0.3 is 0 Å². The minimum atomic E-state index is -0.663. The van der Waals surface area contributed by atoms with E-state index < -0.39 is 23.4 Å². The third-order valence-corrected chi connectivity index (χ3v) is 5.61. The van der Waals surface area contributed by atoms with Crippen molar-refractivity contribution in [3.8, 4) is 5.69 Å². The highest BCUT2D eigenvalue weighted by molar-refractivity contribution is 6.31. The summed E-state index contributed by atoms with van der Waals surface area (Å²) >= 11 is 6.13. The molecule has 0 saturated heterocycles. The Balaban J connectivity index is 1.54. The van der Waals surface area contributed by atoms with E-state index in [0.29, 0.717) is 16.8 Å². The Hall–Kier alpha value is -4.17. The van der Waals surface area contributed by atoms with Gasteiger partial charge in [0.15, 0.2) is 11.6 Å². The van der Waals surface area contributed by atoms with Gasteiger partial charge in [0.1, 0.15) is 12.1 Å². The van der Waals surface area contributed by atoms with Crippen molar-refractivity contribution in [2.45, 2.75) is 6.54 Å². The molecule has 0 bridgehead atoms. The predicted octanol–water partition coefficient (Wildman–Crippen LogP) is 4.09. The standard InChI is InChI=1S/C24H14ClFN4O3/c25-14-9-10-20(18(11-14)22(31)17-7-3-4-8-19(17)26)30-13-27-28-21(30)12-29-23(32)15-5-1-2-6-16(15)24(29)33/h1-11,13H,12H2. The number of ketones is 1. The zero-order valence-corrected chi connectivity index (χ0v) is 17.7. The first-order chi connectivity index (χ1) is 16.0. The normalized spacial score (nSPS) is 12.8. The second kappa shape index (κ2) is 8.07. The van der Waals surface area contributed by atoms with Crippen molar-refractivity contribution < 1.29 is 18.8 Å². The summed E-state index contributed by atoms with van der Waals surface area (Å²) in [7, 11) is 0. The Kier molecular flexibility index (Phi) is 5.07. The maximum atomic E-state index is 14.3. The van der Waals surface area contributed by atoms with Crippen LogP contribution in [0.1, 0.15) is 42.5 Å². The molecule has 4 aromatic rings. The molecule has 162 valence electrons. The zero-order chi connectivity index (χ0) is 23.1. The Morgan fingerprint density at radius 1 is 0.909 bits per heavy atom. The van der Waals surface area contributed by atoms with Gasteiger partial charge in [0, 0.05) is 10.6 Å². The SMILES string of the molecule is O=C(c1ccccc1F)c1cc(Cl)ccc1-n1cnnc1CN1C(=O)c2ccccc2C1=O.